The zero-order chi connectivity index (χ0) is 16.1. The smallest absolute Gasteiger partial charge is 0.315 e. The third-order valence-corrected chi connectivity index (χ3v) is 4.04. The lowest BCUT2D eigenvalue weighted by molar-refractivity contribution is 0.232. The Labute approximate surface area is 135 Å². The monoisotopic (exact) mass is 314 g/mol. The average Bonchev–Trinajstić information content (AvgIpc) is 3.14. The van der Waals surface area contributed by atoms with Gasteiger partial charge in [0, 0.05) is 31.0 Å². The number of amides is 2. The maximum atomic E-state index is 12.0. The SMILES string of the molecule is Cc1nccn1CCCCNC(=O)NC1COc2ccccc21. The summed E-state index contributed by atoms with van der Waals surface area (Å²) in [5, 5.41) is 5.86. The van der Waals surface area contributed by atoms with Crippen molar-refractivity contribution < 1.29 is 9.53 Å². The number of carbonyl (C=O) groups excluding carboxylic acids is 1. The molecule has 2 heterocycles. The molecule has 6 nitrogen and oxygen atoms in total. The molecule has 0 radical (unpaired) electrons. The Balaban J connectivity index is 1.35. The van der Waals surface area contributed by atoms with Crippen molar-refractivity contribution in [1.29, 1.82) is 0 Å². The molecule has 1 atom stereocenters. The topological polar surface area (TPSA) is 68.2 Å². The number of urea groups is 1. The summed E-state index contributed by atoms with van der Waals surface area (Å²) < 4.78 is 7.67. The molecule has 1 aromatic heterocycles. The quantitative estimate of drug-likeness (QED) is 0.805. The highest BCUT2D eigenvalue weighted by Crippen LogP contribution is 2.31. The number of fused-ring (bicyclic) bond motifs is 1. The number of hydrogen-bond acceptors (Lipinski definition) is 3. The van der Waals surface area contributed by atoms with Gasteiger partial charge in [-0.15, -0.1) is 0 Å². The molecule has 23 heavy (non-hydrogen) atoms. The Morgan fingerprint density at radius 2 is 2.26 bits per heavy atom. The molecule has 0 bridgehead atoms. The summed E-state index contributed by atoms with van der Waals surface area (Å²) in [6.45, 7) is 4.08. The summed E-state index contributed by atoms with van der Waals surface area (Å²) in [4.78, 5) is 16.2. The highest BCUT2D eigenvalue weighted by atomic mass is 16.5. The maximum absolute atomic E-state index is 12.0. The predicted octanol–water partition coefficient (Wildman–Crippen LogP) is 2.40. The number of aromatic nitrogens is 2. The molecule has 122 valence electrons. The van der Waals surface area contributed by atoms with Gasteiger partial charge in [0.15, 0.2) is 0 Å². The van der Waals surface area contributed by atoms with E-state index in [0.717, 1.165) is 36.5 Å². The van der Waals surface area contributed by atoms with E-state index in [1.165, 1.54) is 0 Å². The van der Waals surface area contributed by atoms with Crippen LogP contribution in [0.4, 0.5) is 4.79 Å². The first kappa shape index (κ1) is 15.4. The van der Waals surface area contributed by atoms with Crippen LogP contribution in [0.25, 0.3) is 0 Å². The Kier molecular flexibility index (Phi) is 4.80. The number of benzene rings is 1. The summed E-state index contributed by atoms with van der Waals surface area (Å²) in [6.07, 6.45) is 5.73. The highest BCUT2D eigenvalue weighted by Gasteiger charge is 2.24. The normalized spacial score (nSPS) is 15.8. The molecule has 2 aromatic rings. The van der Waals surface area contributed by atoms with Gasteiger partial charge in [0.2, 0.25) is 0 Å². The lowest BCUT2D eigenvalue weighted by atomic mass is 10.1. The van der Waals surface area contributed by atoms with E-state index in [2.05, 4.69) is 20.2 Å². The minimum Gasteiger partial charge on any atom is -0.491 e. The molecule has 1 aliphatic rings. The van der Waals surface area contributed by atoms with Gasteiger partial charge in [-0.25, -0.2) is 9.78 Å². The van der Waals surface area contributed by atoms with Crippen molar-refractivity contribution in [3.8, 4) is 5.75 Å². The van der Waals surface area contributed by atoms with Crippen LogP contribution in [-0.2, 0) is 6.54 Å². The van der Waals surface area contributed by atoms with Crippen molar-refractivity contribution in [2.24, 2.45) is 0 Å². The molecule has 2 amide bonds. The first-order valence-electron chi connectivity index (χ1n) is 7.98. The van der Waals surface area contributed by atoms with Gasteiger partial charge in [-0.3, -0.25) is 0 Å². The van der Waals surface area contributed by atoms with Gasteiger partial charge < -0.3 is 19.9 Å². The van der Waals surface area contributed by atoms with E-state index >= 15 is 0 Å². The minimum atomic E-state index is -0.144. The molecule has 3 rings (SSSR count). The predicted molar refractivity (Wildman–Crippen MR) is 87.4 cm³/mol. The van der Waals surface area contributed by atoms with Gasteiger partial charge in [-0.2, -0.15) is 0 Å². The van der Waals surface area contributed by atoms with E-state index in [4.69, 9.17) is 4.74 Å². The van der Waals surface area contributed by atoms with Crippen molar-refractivity contribution >= 4 is 6.03 Å². The van der Waals surface area contributed by atoms with Crippen LogP contribution < -0.4 is 15.4 Å². The second-order valence-electron chi connectivity index (χ2n) is 5.68. The largest absolute Gasteiger partial charge is 0.491 e. The van der Waals surface area contributed by atoms with Gasteiger partial charge >= 0.3 is 6.03 Å². The highest BCUT2D eigenvalue weighted by molar-refractivity contribution is 5.74. The lowest BCUT2D eigenvalue weighted by Crippen LogP contribution is -2.39. The number of unbranched alkanes of at least 4 members (excludes halogenated alkanes) is 1. The fourth-order valence-corrected chi connectivity index (χ4v) is 2.74. The van der Waals surface area contributed by atoms with Crippen LogP contribution in [0, 0.1) is 6.92 Å². The lowest BCUT2D eigenvalue weighted by Gasteiger charge is -2.13. The summed E-state index contributed by atoms with van der Waals surface area (Å²) in [7, 11) is 0. The number of nitrogens with one attached hydrogen (secondary N) is 2. The fourth-order valence-electron chi connectivity index (χ4n) is 2.74. The summed E-state index contributed by atoms with van der Waals surface area (Å²) in [5.41, 5.74) is 1.04. The summed E-state index contributed by atoms with van der Waals surface area (Å²) in [6, 6.07) is 7.59. The molecule has 2 N–H and O–H groups in total. The molecular formula is C17H22N4O2. The van der Waals surface area contributed by atoms with Gasteiger partial charge in [-0.1, -0.05) is 18.2 Å². The summed E-state index contributed by atoms with van der Waals surface area (Å²) >= 11 is 0. The number of ether oxygens (including phenoxy) is 1. The van der Waals surface area contributed by atoms with Crippen LogP contribution in [0.3, 0.4) is 0 Å². The second kappa shape index (κ2) is 7.17. The fraction of sp³-hybridized carbons (Fsp3) is 0.412. The molecule has 0 saturated carbocycles. The first-order chi connectivity index (χ1) is 11.2. The Morgan fingerprint density at radius 1 is 1.39 bits per heavy atom. The van der Waals surface area contributed by atoms with Crippen molar-refractivity contribution in [1.82, 2.24) is 20.2 Å². The minimum absolute atomic E-state index is 0.0696. The number of aryl methyl sites for hydroxylation is 2. The molecule has 6 heteroatoms. The van der Waals surface area contributed by atoms with Gasteiger partial charge in [0.25, 0.3) is 0 Å². The molecular weight excluding hydrogens is 292 g/mol. The first-order valence-corrected chi connectivity index (χ1v) is 7.98. The van der Waals surface area contributed by atoms with Crippen molar-refractivity contribution in [3.05, 3.63) is 48.0 Å². The number of rotatable bonds is 6. The van der Waals surface area contributed by atoms with Crippen LogP contribution in [0.2, 0.25) is 0 Å². The number of para-hydroxylation sites is 1. The average molecular weight is 314 g/mol. The molecule has 1 aliphatic heterocycles. The zero-order valence-electron chi connectivity index (χ0n) is 13.3. The van der Waals surface area contributed by atoms with Crippen molar-refractivity contribution in [3.63, 3.8) is 0 Å². The third-order valence-electron chi connectivity index (χ3n) is 4.04. The van der Waals surface area contributed by atoms with Gasteiger partial charge in [0.1, 0.15) is 18.2 Å². The molecule has 0 saturated heterocycles. The van der Waals surface area contributed by atoms with E-state index in [1.54, 1.807) is 0 Å². The van der Waals surface area contributed by atoms with E-state index in [1.807, 2.05) is 43.6 Å². The van der Waals surface area contributed by atoms with E-state index in [-0.39, 0.29) is 12.1 Å². The molecule has 0 fully saturated rings. The van der Waals surface area contributed by atoms with Crippen LogP contribution >= 0.6 is 0 Å². The molecule has 1 aromatic carbocycles. The Bertz CT molecular complexity index is 668. The van der Waals surface area contributed by atoms with Crippen LogP contribution in [-0.4, -0.2) is 28.7 Å². The summed E-state index contributed by atoms with van der Waals surface area (Å²) in [5.74, 6) is 1.88. The molecule has 0 spiro atoms. The van der Waals surface area contributed by atoms with E-state index < -0.39 is 0 Å². The van der Waals surface area contributed by atoms with Crippen LogP contribution in [0.1, 0.15) is 30.3 Å². The number of nitrogens with zero attached hydrogens (tertiary/aromatic N) is 2. The molecule has 0 aliphatic carbocycles. The third kappa shape index (κ3) is 3.83. The van der Waals surface area contributed by atoms with Crippen LogP contribution in [0.15, 0.2) is 36.7 Å². The van der Waals surface area contributed by atoms with Crippen molar-refractivity contribution in [2.45, 2.75) is 32.4 Å². The standard InChI is InChI=1S/C17H22N4O2/c1-13-18-9-11-21(13)10-5-4-8-19-17(22)20-15-12-23-16-7-3-2-6-14(15)16/h2-3,6-7,9,11,15H,4-5,8,10,12H2,1H3,(H2,19,20,22). The zero-order valence-corrected chi connectivity index (χ0v) is 13.3. The van der Waals surface area contributed by atoms with Gasteiger partial charge in [0.05, 0.1) is 6.04 Å². The van der Waals surface area contributed by atoms with Crippen molar-refractivity contribution in [2.75, 3.05) is 13.2 Å². The van der Waals surface area contributed by atoms with E-state index in [9.17, 15) is 4.79 Å². The Hall–Kier alpha value is -2.50. The molecule has 1 unspecified atom stereocenters. The van der Waals surface area contributed by atoms with Gasteiger partial charge in [-0.05, 0) is 25.8 Å². The van der Waals surface area contributed by atoms with E-state index in [0.29, 0.717) is 13.2 Å². The Morgan fingerprint density at radius 3 is 3.09 bits per heavy atom. The number of carbonyl (C=O) groups is 1. The van der Waals surface area contributed by atoms with Crippen LogP contribution in [0.5, 0.6) is 5.75 Å². The number of imidazole rings is 1. The maximum Gasteiger partial charge on any atom is 0.315 e. The second-order valence-corrected chi connectivity index (χ2v) is 5.68. The number of hydrogen-bond donors (Lipinski definition) is 2.